The molecule has 2 bridgehead atoms. The predicted molar refractivity (Wildman–Crippen MR) is 49.8 cm³/mol. The van der Waals surface area contributed by atoms with E-state index >= 15 is 0 Å². The summed E-state index contributed by atoms with van der Waals surface area (Å²) in [7, 11) is 0. The fourth-order valence-corrected chi connectivity index (χ4v) is 3.64. The lowest BCUT2D eigenvalue weighted by molar-refractivity contribution is -0.0265. The van der Waals surface area contributed by atoms with Gasteiger partial charge < -0.3 is 5.11 Å². The van der Waals surface area contributed by atoms with Crippen molar-refractivity contribution in [3.05, 3.63) is 0 Å². The van der Waals surface area contributed by atoms with Crippen molar-refractivity contribution in [2.24, 2.45) is 23.2 Å². The van der Waals surface area contributed by atoms with Gasteiger partial charge in [-0.1, -0.05) is 13.8 Å². The van der Waals surface area contributed by atoms with Crippen LogP contribution in [0, 0.1) is 23.2 Å². The zero-order valence-electron chi connectivity index (χ0n) is 8.38. The van der Waals surface area contributed by atoms with Gasteiger partial charge in [0.25, 0.3) is 0 Å². The summed E-state index contributed by atoms with van der Waals surface area (Å²) in [4.78, 5) is 0. The third-order valence-corrected chi connectivity index (χ3v) is 4.94. The molecule has 70 valence electrons. The Labute approximate surface area is 75.2 Å². The monoisotopic (exact) mass is 168 g/mol. The fraction of sp³-hybridized carbons (Fsp3) is 1.00. The Morgan fingerprint density at radius 2 is 2.08 bits per heavy atom. The van der Waals surface area contributed by atoms with Crippen molar-refractivity contribution in [3.63, 3.8) is 0 Å². The Bertz CT molecular complexity index is 183. The van der Waals surface area contributed by atoms with E-state index in [1.165, 1.54) is 19.3 Å². The first-order chi connectivity index (χ1) is 5.56. The molecule has 5 unspecified atom stereocenters. The smallest absolute Gasteiger partial charge is 0.0570 e. The second kappa shape index (κ2) is 2.47. The van der Waals surface area contributed by atoms with Crippen LogP contribution in [-0.2, 0) is 0 Å². The molecule has 0 aliphatic heterocycles. The maximum absolute atomic E-state index is 9.80. The molecule has 2 aliphatic rings. The molecule has 1 N–H and O–H groups in total. The van der Waals surface area contributed by atoms with Crippen LogP contribution in [-0.4, -0.2) is 11.2 Å². The molecule has 2 aliphatic carbocycles. The summed E-state index contributed by atoms with van der Waals surface area (Å²) in [6.07, 6.45) is 4.02. The second-order valence-corrected chi connectivity index (χ2v) is 5.10. The first-order valence-corrected chi connectivity index (χ1v) is 5.25. The van der Waals surface area contributed by atoms with E-state index in [0.29, 0.717) is 0 Å². The molecular formula is C11H20O. The van der Waals surface area contributed by atoms with Gasteiger partial charge in [0.2, 0.25) is 0 Å². The van der Waals surface area contributed by atoms with Gasteiger partial charge in [-0.15, -0.1) is 0 Å². The zero-order chi connectivity index (χ0) is 8.93. The van der Waals surface area contributed by atoms with Gasteiger partial charge in [0, 0.05) is 0 Å². The maximum Gasteiger partial charge on any atom is 0.0570 e. The fourth-order valence-electron chi connectivity index (χ4n) is 3.64. The van der Waals surface area contributed by atoms with Crippen molar-refractivity contribution in [2.75, 3.05) is 0 Å². The van der Waals surface area contributed by atoms with E-state index in [1.54, 1.807) is 0 Å². The highest BCUT2D eigenvalue weighted by Crippen LogP contribution is 2.60. The van der Waals surface area contributed by atoms with E-state index in [-0.39, 0.29) is 11.5 Å². The molecule has 0 radical (unpaired) electrons. The Hall–Kier alpha value is -0.0400. The molecule has 12 heavy (non-hydrogen) atoms. The lowest BCUT2D eigenvalue weighted by atomic mass is 9.65. The van der Waals surface area contributed by atoms with Crippen LogP contribution < -0.4 is 0 Å². The van der Waals surface area contributed by atoms with Crippen LogP contribution in [0.3, 0.4) is 0 Å². The Morgan fingerprint density at radius 1 is 1.42 bits per heavy atom. The van der Waals surface area contributed by atoms with Crippen molar-refractivity contribution in [1.82, 2.24) is 0 Å². The van der Waals surface area contributed by atoms with Gasteiger partial charge in [0.15, 0.2) is 0 Å². The largest absolute Gasteiger partial charge is 0.393 e. The second-order valence-electron chi connectivity index (χ2n) is 5.10. The van der Waals surface area contributed by atoms with Crippen LogP contribution in [0.1, 0.15) is 40.0 Å². The van der Waals surface area contributed by atoms with Crippen molar-refractivity contribution >= 4 is 0 Å². The average molecular weight is 168 g/mol. The van der Waals surface area contributed by atoms with E-state index < -0.39 is 0 Å². The lowest BCUT2D eigenvalue weighted by Crippen LogP contribution is -2.41. The molecule has 0 aromatic heterocycles. The van der Waals surface area contributed by atoms with Gasteiger partial charge in [-0.25, -0.2) is 0 Å². The van der Waals surface area contributed by atoms with Crippen LogP contribution in [0.25, 0.3) is 0 Å². The van der Waals surface area contributed by atoms with Gasteiger partial charge in [-0.3, -0.25) is 0 Å². The molecule has 0 aromatic carbocycles. The molecule has 1 heteroatoms. The average Bonchev–Trinajstić information content (AvgIpc) is 2.55. The Balaban J connectivity index is 2.26. The number of rotatable bonds is 1. The summed E-state index contributed by atoms with van der Waals surface area (Å²) in [5, 5.41) is 9.80. The topological polar surface area (TPSA) is 20.2 Å². The molecule has 0 aromatic rings. The quantitative estimate of drug-likeness (QED) is 0.637. The number of hydrogen-bond donors (Lipinski definition) is 1. The Morgan fingerprint density at radius 3 is 2.42 bits per heavy atom. The summed E-state index contributed by atoms with van der Waals surface area (Å²) in [6.45, 7) is 6.58. The molecule has 0 saturated heterocycles. The molecule has 2 rings (SSSR count). The lowest BCUT2D eigenvalue weighted by Gasteiger charge is -2.42. The maximum atomic E-state index is 9.80. The minimum Gasteiger partial charge on any atom is -0.393 e. The highest BCUT2D eigenvalue weighted by Gasteiger charge is 2.55. The van der Waals surface area contributed by atoms with Crippen molar-refractivity contribution in [3.8, 4) is 0 Å². The van der Waals surface area contributed by atoms with Crippen LogP contribution >= 0.6 is 0 Å². The van der Waals surface area contributed by atoms with E-state index in [9.17, 15) is 5.11 Å². The number of fused-ring (bicyclic) bond motifs is 2. The first kappa shape index (κ1) is 8.55. The highest BCUT2D eigenvalue weighted by atomic mass is 16.3. The minimum atomic E-state index is -0.122. The van der Waals surface area contributed by atoms with Gasteiger partial charge in [-0.05, 0) is 49.4 Å². The number of aliphatic hydroxyl groups is 1. The molecule has 0 amide bonds. The van der Waals surface area contributed by atoms with E-state index in [1.807, 2.05) is 6.92 Å². The van der Waals surface area contributed by atoms with Gasteiger partial charge in [-0.2, -0.15) is 0 Å². The molecule has 2 fully saturated rings. The normalized spacial score (nSPS) is 54.5. The molecule has 5 atom stereocenters. The molecule has 2 saturated carbocycles. The van der Waals surface area contributed by atoms with Gasteiger partial charge in [0.05, 0.1) is 6.10 Å². The SMILES string of the molecule is CC(O)C1(C)C2CCC(C2)C1C. The summed E-state index contributed by atoms with van der Waals surface area (Å²) >= 11 is 0. The summed E-state index contributed by atoms with van der Waals surface area (Å²) in [6, 6.07) is 0. The van der Waals surface area contributed by atoms with E-state index in [2.05, 4.69) is 13.8 Å². The summed E-state index contributed by atoms with van der Waals surface area (Å²) < 4.78 is 0. The first-order valence-electron chi connectivity index (χ1n) is 5.25. The van der Waals surface area contributed by atoms with Gasteiger partial charge in [0.1, 0.15) is 0 Å². The van der Waals surface area contributed by atoms with E-state index in [0.717, 1.165) is 17.8 Å². The molecule has 0 heterocycles. The summed E-state index contributed by atoms with van der Waals surface area (Å²) in [5.41, 5.74) is 0.225. The van der Waals surface area contributed by atoms with Crippen LogP contribution in [0.2, 0.25) is 0 Å². The van der Waals surface area contributed by atoms with Crippen LogP contribution in [0.15, 0.2) is 0 Å². The van der Waals surface area contributed by atoms with E-state index in [4.69, 9.17) is 0 Å². The molecule has 1 nitrogen and oxygen atoms in total. The van der Waals surface area contributed by atoms with Crippen molar-refractivity contribution in [1.29, 1.82) is 0 Å². The third-order valence-electron chi connectivity index (χ3n) is 4.94. The minimum absolute atomic E-state index is 0.122. The van der Waals surface area contributed by atoms with Crippen LogP contribution in [0.5, 0.6) is 0 Å². The van der Waals surface area contributed by atoms with Crippen LogP contribution in [0.4, 0.5) is 0 Å². The number of hydrogen-bond acceptors (Lipinski definition) is 1. The van der Waals surface area contributed by atoms with Crippen molar-refractivity contribution in [2.45, 2.75) is 46.1 Å². The standard InChI is InChI=1S/C11H20O/c1-7-9-4-5-10(6-9)11(7,3)8(2)12/h7-10,12H,4-6H2,1-3H3. The Kier molecular flexibility index (Phi) is 1.76. The van der Waals surface area contributed by atoms with Crippen molar-refractivity contribution < 1.29 is 5.11 Å². The third kappa shape index (κ3) is 0.834. The summed E-state index contributed by atoms with van der Waals surface area (Å²) in [5.74, 6) is 2.45. The molecular weight excluding hydrogens is 148 g/mol. The molecule has 0 spiro atoms. The predicted octanol–water partition coefficient (Wildman–Crippen LogP) is 2.44. The highest BCUT2D eigenvalue weighted by molar-refractivity contribution is 5.04. The number of aliphatic hydroxyl groups excluding tert-OH is 1. The zero-order valence-corrected chi connectivity index (χ0v) is 8.38. The van der Waals surface area contributed by atoms with Gasteiger partial charge >= 0.3 is 0 Å².